The molecule has 6 nitrogen and oxygen atoms in total. The van der Waals surface area contributed by atoms with Crippen molar-refractivity contribution >= 4 is 17.4 Å². The number of ether oxygens (including phenoxy) is 1. The van der Waals surface area contributed by atoms with Crippen LogP contribution in [0.1, 0.15) is 23.0 Å². The Morgan fingerprint density at radius 1 is 1.00 bits per heavy atom. The van der Waals surface area contributed by atoms with E-state index in [0.29, 0.717) is 24.7 Å². The Morgan fingerprint density at radius 3 is 2.39 bits per heavy atom. The quantitative estimate of drug-likeness (QED) is 0.619. The molecule has 0 aliphatic heterocycles. The average Bonchev–Trinajstić information content (AvgIpc) is 2.72. The summed E-state index contributed by atoms with van der Waals surface area (Å²) in [4.78, 5) is 12.3. The molecule has 0 bridgehead atoms. The van der Waals surface area contributed by atoms with Crippen LogP contribution in [0.15, 0.2) is 60.7 Å². The molecule has 2 aromatic carbocycles. The highest BCUT2D eigenvalue weighted by molar-refractivity contribution is 6.02. The van der Waals surface area contributed by atoms with Crippen LogP contribution in [0.2, 0.25) is 0 Å². The van der Waals surface area contributed by atoms with Gasteiger partial charge in [0.1, 0.15) is 17.4 Å². The lowest BCUT2D eigenvalue weighted by molar-refractivity contribution is 0.102. The van der Waals surface area contributed by atoms with E-state index in [1.165, 1.54) is 12.1 Å². The highest BCUT2D eigenvalue weighted by atomic mass is 19.1. The van der Waals surface area contributed by atoms with Crippen LogP contribution >= 0.6 is 0 Å². The third kappa shape index (κ3) is 5.51. The van der Waals surface area contributed by atoms with Crippen molar-refractivity contribution in [3.63, 3.8) is 0 Å². The van der Waals surface area contributed by atoms with Gasteiger partial charge in [0.25, 0.3) is 5.91 Å². The number of hydrogen-bond donors (Lipinski definition) is 2. The zero-order chi connectivity index (χ0) is 19.8. The Hall–Kier alpha value is -3.48. The van der Waals surface area contributed by atoms with Gasteiger partial charge in [-0.3, -0.25) is 4.79 Å². The Morgan fingerprint density at radius 2 is 1.75 bits per heavy atom. The van der Waals surface area contributed by atoms with Gasteiger partial charge in [-0.25, -0.2) is 4.39 Å². The summed E-state index contributed by atoms with van der Waals surface area (Å²) in [5, 5.41) is 13.9. The van der Waals surface area contributed by atoms with Crippen LogP contribution in [0.4, 0.5) is 15.9 Å². The first kappa shape index (κ1) is 19.3. The van der Waals surface area contributed by atoms with Gasteiger partial charge in [0.05, 0.1) is 6.61 Å². The number of benzene rings is 2. The average molecular weight is 380 g/mol. The number of anilines is 2. The van der Waals surface area contributed by atoms with Gasteiger partial charge in [0.15, 0.2) is 5.69 Å². The second kappa shape index (κ2) is 9.45. The van der Waals surface area contributed by atoms with Crippen LogP contribution in [0.5, 0.6) is 5.75 Å². The van der Waals surface area contributed by atoms with Crippen LogP contribution in [-0.4, -0.2) is 29.3 Å². The minimum Gasteiger partial charge on any atom is -0.494 e. The zero-order valence-electron chi connectivity index (χ0n) is 15.5. The van der Waals surface area contributed by atoms with Crippen LogP contribution in [-0.2, 0) is 6.42 Å². The van der Waals surface area contributed by atoms with E-state index < -0.39 is 0 Å². The Bertz CT molecular complexity index is 897. The largest absolute Gasteiger partial charge is 0.494 e. The predicted octanol–water partition coefficient (Wildman–Crippen LogP) is 3.92. The maximum Gasteiger partial charge on any atom is 0.276 e. The monoisotopic (exact) mass is 380 g/mol. The number of carbonyl (C=O) groups excluding carboxylic acids is 1. The molecule has 0 atom stereocenters. The summed E-state index contributed by atoms with van der Waals surface area (Å²) < 4.78 is 18.3. The smallest absolute Gasteiger partial charge is 0.276 e. The molecule has 1 aromatic heterocycles. The number of hydrogen-bond acceptors (Lipinski definition) is 5. The summed E-state index contributed by atoms with van der Waals surface area (Å²) in [6.45, 7) is 3.12. The number of aromatic nitrogens is 2. The van der Waals surface area contributed by atoms with Crippen molar-refractivity contribution < 1.29 is 13.9 Å². The van der Waals surface area contributed by atoms with Crippen molar-refractivity contribution in [2.75, 3.05) is 23.8 Å². The van der Waals surface area contributed by atoms with E-state index in [0.717, 1.165) is 17.7 Å². The van der Waals surface area contributed by atoms with Crippen molar-refractivity contribution in [1.29, 1.82) is 0 Å². The zero-order valence-corrected chi connectivity index (χ0v) is 15.5. The van der Waals surface area contributed by atoms with Gasteiger partial charge in [0.2, 0.25) is 0 Å². The second-order valence-corrected chi connectivity index (χ2v) is 6.02. The number of halogens is 1. The maximum atomic E-state index is 12.9. The van der Waals surface area contributed by atoms with E-state index in [1.807, 2.05) is 6.92 Å². The molecule has 144 valence electrons. The van der Waals surface area contributed by atoms with Crippen molar-refractivity contribution in [3.8, 4) is 5.75 Å². The number of amides is 1. The van der Waals surface area contributed by atoms with Crippen LogP contribution in [0, 0.1) is 5.82 Å². The van der Waals surface area contributed by atoms with Crippen molar-refractivity contribution in [1.82, 2.24) is 10.2 Å². The predicted molar refractivity (Wildman–Crippen MR) is 106 cm³/mol. The van der Waals surface area contributed by atoms with Gasteiger partial charge in [0, 0.05) is 12.2 Å². The minimum atomic E-state index is -0.338. The van der Waals surface area contributed by atoms with Crippen LogP contribution in [0.25, 0.3) is 0 Å². The molecular formula is C21H21FN4O2. The summed E-state index contributed by atoms with van der Waals surface area (Å²) in [5.41, 5.74) is 1.89. The standard InChI is InChI=1S/C21H21FN4O2/c1-2-28-18-9-7-17(8-10-18)24-21(27)19-11-12-20(26-25-19)23-14-13-15-3-5-16(22)6-4-15/h3-12H,2,13-14H2,1H3,(H,23,26)(H,24,27). The van der Waals surface area contributed by atoms with Gasteiger partial charge in [-0.15, -0.1) is 10.2 Å². The van der Waals surface area contributed by atoms with Crippen molar-refractivity contribution in [2.45, 2.75) is 13.3 Å². The molecule has 7 heteroatoms. The lowest BCUT2D eigenvalue weighted by Gasteiger charge is -2.08. The molecule has 0 radical (unpaired) electrons. The van der Waals surface area contributed by atoms with E-state index in [-0.39, 0.29) is 17.4 Å². The van der Waals surface area contributed by atoms with Gasteiger partial charge in [-0.1, -0.05) is 12.1 Å². The normalized spacial score (nSPS) is 10.4. The van der Waals surface area contributed by atoms with E-state index in [2.05, 4.69) is 20.8 Å². The molecule has 0 aliphatic carbocycles. The van der Waals surface area contributed by atoms with E-state index in [1.54, 1.807) is 48.5 Å². The maximum absolute atomic E-state index is 12.9. The molecule has 28 heavy (non-hydrogen) atoms. The number of carbonyl (C=O) groups is 1. The summed E-state index contributed by atoms with van der Waals surface area (Å²) >= 11 is 0. The molecule has 0 saturated heterocycles. The SMILES string of the molecule is CCOc1ccc(NC(=O)c2ccc(NCCc3ccc(F)cc3)nn2)cc1. The van der Waals surface area contributed by atoms with Gasteiger partial charge >= 0.3 is 0 Å². The van der Waals surface area contributed by atoms with Crippen molar-refractivity contribution in [2.24, 2.45) is 0 Å². The molecule has 0 unspecified atom stereocenters. The Labute approximate surface area is 162 Å². The Kier molecular flexibility index (Phi) is 6.51. The van der Waals surface area contributed by atoms with Gasteiger partial charge in [-0.2, -0.15) is 0 Å². The topological polar surface area (TPSA) is 76.1 Å². The molecule has 0 spiro atoms. The molecule has 0 fully saturated rings. The fourth-order valence-corrected chi connectivity index (χ4v) is 2.53. The first-order valence-corrected chi connectivity index (χ1v) is 9.00. The fourth-order valence-electron chi connectivity index (χ4n) is 2.53. The molecular weight excluding hydrogens is 359 g/mol. The number of nitrogens with zero attached hydrogens (tertiary/aromatic N) is 2. The molecule has 0 saturated carbocycles. The summed E-state index contributed by atoms with van der Waals surface area (Å²) in [7, 11) is 0. The second-order valence-electron chi connectivity index (χ2n) is 6.02. The number of nitrogens with one attached hydrogen (secondary N) is 2. The number of rotatable bonds is 8. The van der Waals surface area contributed by atoms with Crippen LogP contribution < -0.4 is 15.4 Å². The highest BCUT2D eigenvalue weighted by Crippen LogP contribution is 2.16. The highest BCUT2D eigenvalue weighted by Gasteiger charge is 2.09. The summed E-state index contributed by atoms with van der Waals surface area (Å²) in [5.74, 6) is 0.729. The van der Waals surface area contributed by atoms with Gasteiger partial charge < -0.3 is 15.4 Å². The minimum absolute atomic E-state index is 0.220. The third-order valence-corrected chi connectivity index (χ3v) is 3.95. The lowest BCUT2D eigenvalue weighted by atomic mass is 10.1. The van der Waals surface area contributed by atoms with Crippen molar-refractivity contribution in [3.05, 3.63) is 77.7 Å². The third-order valence-electron chi connectivity index (χ3n) is 3.95. The molecule has 2 N–H and O–H groups in total. The van der Waals surface area contributed by atoms with Gasteiger partial charge in [-0.05, 0) is 67.4 Å². The summed E-state index contributed by atoms with van der Waals surface area (Å²) in [6, 6.07) is 16.8. The van der Waals surface area contributed by atoms with Crippen LogP contribution in [0.3, 0.4) is 0 Å². The first-order chi connectivity index (χ1) is 13.6. The van der Waals surface area contributed by atoms with E-state index >= 15 is 0 Å². The Balaban J connectivity index is 1.50. The molecule has 1 heterocycles. The molecule has 1 amide bonds. The van der Waals surface area contributed by atoms with E-state index in [9.17, 15) is 9.18 Å². The molecule has 3 aromatic rings. The molecule has 3 rings (SSSR count). The molecule has 0 aliphatic rings. The lowest BCUT2D eigenvalue weighted by Crippen LogP contribution is -2.15. The summed E-state index contributed by atoms with van der Waals surface area (Å²) in [6.07, 6.45) is 0.724. The van der Waals surface area contributed by atoms with E-state index in [4.69, 9.17) is 4.74 Å². The first-order valence-electron chi connectivity index (χ1n) is 9.00. The fraction of sp³-hybridized carbons (Fsp3) is 0.190.